The van der Waals surface area contributed by atoms with Crippen molar-refractivity contribution in [3.8, 4) is 0 Å². The molecule has 3 aliphatic carbocycles. The molecule has 0 radical (unpaired) electrons. The Labute approximate surface area is 166 Å². The second-order valence-electron chi connectivity index (χ2n) is 9.55. The maximum atomic E-state index is 4.97. The molecular formula is C26H37N. The number of hydrogen-bond donors (Lipinski definition) is 0. The summed E-state index contributed by atoms with van der Waals surface area (Å²) in [6, 6.07) is 0. The molecule has 0 spiro atoms. The molecule has 0 amide bonds. The van der Waals surface area contributed by atoms with E-state index in [1.165, 1.54) is 57.1 Å². The van der Waals surface area contributed by atoms with Crippen molar-refractivity contribution in [2.75, 3.05) is 0 Å². The molecule has 1 heterocycles. The molecule has 146 valence electrons. The fourth-order valence-electron chi connectivity index (χ4n) is 5.95. The molecule has 0 bridgehead atoms. The molecule has 1 heteroatoms. The topological polar surface area (TPSA) is 12.4 Å². The van der Waals surface area contributed by atoms with Crippen LogP contribution in [0.25, 0.3) is 0 Å². The molecule has 0 saturated heterocycles. The van der Waals surface area contributed by atoms with Crippen molar-refractivity contribution in [1.82, 2.24) is 0 Å². The van der Waals surface area contributed by atoms with E-state index in [1.54, 1.807) is 0 Å². The summed E-state index contributed by atoms with van der Waals surface area (Å²) in [7, 11) is 0. The largest absolute Gasteiger partial charge is 0.265 e. The quantitative estimate of drug-likeness (QED) is 0.471. The van der Waals surface area contributed by atoms with Gasteiger partial charge in [-0.15, -0.1) is 0 Å². The Morgan fingerprint density at radius 3 is 2.30 bits per heavy atom. The van der Waals surface area contributed by atoms with Gasteiger partial charge in [0.25, 0.3) is 0 Å². The van der Waals surface area contributed by atoms with Crippen LogP contribution < -0.4 is 0 Å². The molecule has 4 rings (SSSR count). The van der Waals surface area contributed by atoms with Gasteiger partial charge in [0.15, 0.2) is 0 Å². The van der Waals surface area contributed by atoms with Crippen LogP contribution >= 0.6 is 0 Å². The van der Waals surface area contributed by atoms with E-state index in [9.17, 15) is 0 Å². The molecule has 1 saturated carbocycles. The zero-order valence-corrected chi connectivity index (χ0v) is 17.3. The van der Waals surface area contributed by atoms with E-state index in [0.29, 0.717) is 29.6 Å². The van der Waals surface area contributed by atoms with Gasteiger partial charge < -0.3 is 0 Å². The van der Waals surface area contributed by atoms with Crippen LogP contribution in [0.5, 0.6) is 0 Å². The molecule has 4 aliphatic rings. The summed E-state index contributed by atoms with van der Waals surface area (Å²) in [6.07, 6.45) is 30.4. The lowest BCUT2D eigenvalue weighted by Crippen LogP contribution is -2.37. The molecule has 5 unspecified atom stereocenters. The highest BCUT2D eigenvalue weighted by Gasteiger charge is 2.39. The van der Waals surface area contributed by atoms with Gasteiger partial charge in [-0.3, -0.25) is 4.99 Å². The normalized spacial score (nSPS) is 37.0. The fourth-order valence-corrected chi connectivity index (χ4v) is 5.95. The van der Waals surface area contributed by atoms with E-state index in [1.807, 2.05) is 0 Å². The average Bonchev–Trinajstić information content (AvgIpc) is 2.74. The molecule has 0 aromatic heterocycles. The standard InChI is InChI=1S/C26H37N/c1-19(2)26-17-24(21-13-7-4-8-14-21)25(18-27-26)23-16-10-9-15-22(23)20-11-5-3-6-12-20/h3,5,9-10,15-25H,4,6-8,11-14H2,1-2H3. The molecule has 1 fully saturated rings. The van der Waals surface area contributed by atoms with Crippen LogP contribution in [-0.4, -0.2) is 6.21 Å². The first-order chi connectivity index (χ1) is 13.2. The van der Waals surface area contributed by atoms with Crippen LogP contribution in [0.3, 0.4) is 0 Å². The SMILES string of the molecule is CC(C)C1=CC(C2CCCCC2)C(C2C=CC=CC2C2CC=CCC2)C=N1. The van der Waals surface area contributed by atoms with E-state index in [0.717, 1.165) is 11.8 Å². The van der Waals surface area contributed by atoms with E-state index >= 15 is 0 Å². The molecule has 27 heavy (non-hydrogen) atoms. The van der Waals surface area contributed by atoms with Gasteiger partial charge in [-0.1, -0.05) is 75.6 Å². The first-order valence-corrected chi connectivity index (χ1v) is 11.5. The highest BCUT2D eigenvalue weighted by molar-refractivity contribution is 5.66. The van der Waals surface area contributed by atoms with Crippen molar-refractivity contribution in [1.29, 1.82) is 0 Å². The van der Waals surface area contributed by atoms with Crippen LogP contribution in [0.4, 0.5) is 0 Å². The maximum Gasteiger partial charge on any atom is 0.0388 e. The summed E-state index contributed by atoms with van der Waals surface area (Å²) in [5, 5.41) is 0. The molecular weight excluding hydrogens is 326 g/mol. The summed E-state index contributed by atoms with van der Waals surface area (Å²) >= 11 is 0. The third kappa shape index (κ3) is 4.23. The van der Waals surface area contributed by atoms with Crippen LogP contribution in [0.2, 0.25) is 0 Å². The van der Waals surface area contributed by atoms with Crippen LogP contribution in [0, 0.1) is 41.4 Å². The number of rotatable bonds is 4. The number of nitrogens with zero attached hydrogens (tertiary/aromatic N) is 1. The minimum Gasteiger partial charge on any atom is -0.265 e. The van der Waals surface area contributed by atoms with Crippen molar-refractivity contribution in [2.24, 2.45) is 46.4 Å². The van der Waals surface area contributed by atoms with Gasteiger partial charge in [0.1, 0.15) is 0 Å². The van der Waals surface area contributed by atoms with Crippen molar-refractivity contribution in [3.63, 3.8) is 0 Å². The predicted octanol–water partition coefficient (Wildman–Crippen LogP) is 7.14. The Morgan fingerprint density at radius 1 is 0.815 bits per heavy atom. The number of hydrogen-bond acceptors (Lipinski definition) is 1. The van der Waals surface area contributed by atoms with Gasteiger partial charge in [0.05, 0.1) is 0 Å². The highest BCUT2D eigenvalue weighted by atomic mass is 14.8. The van der Waals surface area contributed by atoms with Crippen LogP contribution in [0.15, 0.2) is 53.2 Å². The smallest absolute Gasteiger partial charge is 0.0388 e. The van der Waals surface area contributed by atoms with Crippen LogP contribution in [-0.2, 0) is 0 Å². The Morgan fingerprint density at radius 2 is 1.59 bits per heavy atom. The Bertz CT molecular complexity index is 641. The minimum atomic E-state index is 0.536. The molecule has 0 aromatic rings. The van der Waals surface area contributed by atoms with E-state index < -0.39 is 0 Å². The summed E-state index contributed by atoms with van der Waals surface area (Å²) < 4.78 is 0. The van der Waals surface area contributed by atoms with Gasteiger partial charge in [0, 0.05) is 17.8 Å². The molecule has 5 atom stereocenters. The fraction of sp³-hybridized carbons (Fsp3) is 0.654. The summed E-state index contributed by atoms with van der Waals surface area (Å²) in [4.78, 5) is 4.97. The molecule has 0 aromatic carbocycles. The zero-order chi connectivity index (χ0) is 18.6. The van der Waals surface area contributed by atoms with E-state index in [4.69, 9.17) is 4.99 Å². The maximum absolute atomic E-state index is 4.97. The van der Waals surface area contributed by atoms with E-state index in [2.05, 4.69) is 62.6 Å². The monoisotopic (exact) mass is 363 g/mol. The van der Waals surface area contributed by atoms with Crippen molar-refractivity contribution < 1.29 is 0 Å². The van der Waals surface area contributed by atoms with Gasteiger partial charge in [-0.05, 0) is 67.6 Å². The van der Waals surface area contributed by atoms with Gasteiger partial charge in [0.2, 0.25) is 0 Å². The predicted molar refractivity (Wildman–Crippen MR) is 117 cm³/mol. The third-order valence-electron chi connectivity index (χ3n) is 7.51. The van der Waals surface area contributed by atoms with Crippen molar-refractivity contribution in [3.05, 3.63) is 48.2 Å². The number of aliphatic imine (C=N–C) groups is 1. The average molecular weight is 364 g/mol. The highest BCUT2D eigenvalue weighted by Crippen LogP contribution is 2.46. The number of allylic oxidation sites excluding steroid dienone is 8. The van der Waals surface area contributed by atoms with Crippen molar-refractivity contribution >= 4 is 6.21 Å². The lowest BCUT2D eigenvalue weighted by molar-refractivity contribution is 0.181. The summed E-state index contributed by atoms with van der Waals surface area (Å²) in [5.74, 6) is 4.75. The molecule has 0 N–H and O–H groups in total. The minimum absolute atomic E-state index is 0.536. The van der Waals surface area contributed by atoms with E-state index in [-0.39, 0.29) is 0 Å². The van der Waals surface area contributed by atoms with Gasteiger partial charge >= 0.3 is 0 Å². The Kier molecular flexibility index (Phi) is 6.15. The summed E-state index contributed by atoms with van der Waals surface area (Å²) in [5.41, 5.74) is 1.33. The Balaban J connectivity index is 1.60. The third-order valence-corrected chi connectivity index (χ3v) is 7.51. The van der Waals surface area contributed by atoms with Crippen molar-refractivity contribution in [2.45, 2.75) is 65.2 Å². The lowest BCUT2D eigenvalue weighted by Gasteiger charge is -2.42. The molecule has 1 nitrogen and oxygen atoms in total. The zero-order valence-electron chi connectivity index (χ0n) is 17.3. The van der Waals surface area contributed by atoms with Crippen LogP contribution in [0.1, 0.15) is 65.2 Å². The second-order valence-corrected chi connectivity index (χ2v) is 9.55. The summed E-state index contributed by atoms with van der Waals surface area (Å²) in [6.45, 7) is 4.59. The lowest BCUT2D eigenvalue weighted by atomic mass is 9.63. The van der Waals surface area contributed by atoms with Gasteiger partial charge in [-0.25, -0.2) is 0 Å². The second kappa shape index (κ2) is 8.76. The Hall–Kier alpha value is -1.37. The first-order valence-electron chi connectivity index (χ1n) is 11.5. The van der Waals surface area contributed by atoms with Gasteiger partial charge in [-0.2, -0.15) is 0 Å². The molecule has 1 aliphatic heterocycles. The first kappa shape index (κ1) is 19.0.